The molecule has 2 heterocycles. The molecular formula is C23H17FN4O2. The van der Waals surface area contributed by atoms with Gasteiger partial charge in [-0.2, -0.15) is 0 Å². The molecule has 4 rings (SSSR count). The van der Waals surface area contributed by atoms with E-state index >= 15 is 0 Å². The number of hydrogen-bond donors (Lipinski definition) is 1. The lowest BCUT2D eigenvalue weighted by molar-refractivity contribution is 0.299. The average molecular weight is 400 g/mol. The number of nitrogens with zero attached hydrogens (tertiary/aromatic N) is 3. The van der Waals surface area contributed by atoms with E-state index in [1.807, 2.05) is 12.1 Å². The van der Waals surface area contributed by atoms with Gasteiger partial charge in [0, 0.05) is 29.6 Å². The van der Waals surface area contributed by atoms with Gasteiger partial charge in [-0.3, -0.25) is 4.98 Å². The predicted molar refractivity (Wildman–Crippen MR) is 111 cm³/mol. The lowest BCUT2D eigenvalue weighted by Crippen LogP contribution is -1.98. The molecule has 1 N–H and O–H groups in total. The van der Waals surface area contributed by atoms with Gasteiger partial charge in [0.05, 0.1) is 25.1 Å². The molecule has 30 heavy (non-hydrogen) atoms. The van der Waals surface area contributed by atoms with Crippen LogP contribution in [-0.4, -0.2) is 22.1 Å². The van der Waals surface area contributed by atoms with Gasteiger partial charge in [0.2, 0.25) is 5.69 Å². The van der Waals surface area contributed by atoms with Crippen LogP contribution in [0.2, 0.25) is 0 Å². The SMILES string of the molecule is [C-]#[N+]c1ccc(COc2ccc(-c3c[nH]c(-c4ccc(F)cc4)n3)c(OC)c2)nc1. The Labute approximate surface area is 172 Å². The maximum atomic E-state index is 13.1. The van der Waals surface area contributed by atoms with Gasteiger partial charge in [-0.25, -0.2) is 14.2 Å². The standard InChI is InChI=1S/C23H17FN4O2/c1-25-17-7-8-18(26-12-17)14-30-19-9-10-20(22(11-19)29-2)21-13-27-23(28-21)15-3-5-16(24)6-4-15/h3-13H,14H2,2H3,(H,27,28). The Balaban J connectivity index is 1.52. The van der Waals surface area contributed by atoms with E-state index in [2.05, 4.69) is 19.8 Å². The number of halogens is 1. The Hall–Kier alpha value is -4.18. The van der Waals surface area contributed by atoms with E-state index in [9.17, 15) is 4.39 Å². The number of imidazole rings is 1. The quantitative estimate of drug-likeness (QED) is 0.439. The van der Waals surface area contributed by atoms with Crippen molar-refractivity contribution in [2.75, 3.05) is 7.11 Å². The third-order valence-corrected chi connectivity index (χ3v) is 4.47. The number of H-pyrrole nitrogens is 1. The highest BCUT2D eigenvalue weighted by Gasteiger charge is 2.12. The molecule has 0 fully saturated rings. The average Bonchev–Trinajstić information content (AvgIpc) is 3.28. The molecule has 2 aromatic carbocycles. The topological polar surface area (TPSA) is 64.4 Å². The van der Waals surface area contributed by atoms with Gasteiger partial charge in [-0.1, -0.05) is 6.07 Å². The monoisotopic (exact) mass is 400 g/mol. The van der Waals surface area contributed by atoms with Gasteiger partial charge >= 0.3 is 0 Å². The third-order valence-electron chi connectivity index (χ3n) is 4.47. The van der Waals surface area contributed by atoms with Crippen molar-refractivity contribution >= 4 is 5.69 Å². The van der Waals surface area contributed by atoms with E-state index in [1.54, 1.807) is 43.6 Å². The predicted octanol–water partition coefficient (Wildman–Crippen LogP) is 5.42. The van der Waals surface area contributed by atoms with E-state index in [-0.39, 0.29) is 12.4 Å². The zero-order valence-electron chi connectivity index (χ0n) is 16.1. The van der Waals surface area contributed by atoms with Crippen LogP contribution in [0.25, 0.3) is 27.5 Å². The molecule has 0 amide bonds. The first-order valence-corrected chi connectivity index (χ1v) is 9.11. The molecule has 6 nitrogen and oxygen atoms in total. The van der Waals surface area contributed by atoms with Crippen molar-refractivity contribution in [3.05, 3.63) is 89.9 Å². The highest BCUT2D eigenvalue weighted by Crippen LogP contribution is 2.33. The molecule has 0 bridgehead atoms. The van der Waals surface area contributed by atoms with Gasteiger partial charge in [0.1, 0.15) is 29.7 Å². The fourth-order valence-corrected chi connectivity index (χ4v) is 2.91. The molecule has 148 valence electrons. The zero-order valence-corrected chi connectivity index (χ0v) is 16.1. The van der Waals surface area contributed by atoms with E-state index in [4.69, 9.17) is 16.0 Å². The van der Waals surface area contributed by atoms with Gasteiger partial charge < -0.3 is 14.5 Å². The van der Waals surface area contributed by atoms with E-state index < -0.39 is 0 Å². The Bertz CT molecular complexity index is 1200. The van der Waals surface area contributed by atoms with Gasteiger partial charge in [-0.15, -0.1) is 0 Å². The molecule has 7 heteroatoms. The zero-order chi connectivity index (χ0) is 20.9. The minimum atomic E-state index is -0.291. The summed E-state index contributed by atoms with van der Waals surface area (Å²) >= 11 is 0. The van der Waals surface area contributed by atoms with Crippen molar-refractivity contribution in [3.8, 4) is 34.1 Å². The number of ether oxygens (including phenoxy) is 2. The van der Waals surface area contributed by atoms with E-state index in [1.165, 1.54) is 18.3 Å². The highest BCUT2D eigenvalue weighted by molar-refractivity contribution is 5.70. The van der Waals surface area contributed by atoms with E-state index in [0.717, 1.165) is 16.8 Å². The third kappa shape index (κ3) is 4.13. The second-order valence-corrected chi connectivity index (χ2v) is 6.41. The van der Waals surface area contributed by atoms with Crippen LogP contribution in [0, 0.1) is 12.4 Å². The van der Waals surface area contributed by atoms with Crippen molar-refractivity contribution in [1.82, 2.24) is 15.0 Å². The fraction of sp³-hybridized carbons (Fsp3) is 0.0870. The Morgan fingerprint density at radius 2 is 1.93 bits per heavy atom. The Morgan fingerprint density at radius 1 is 1.10 bits per heavy atom. The smallest absolute Gasteiger partial charge is 0.205 e. The maximum Gasteiger partial charge on any atom is 0.205 e. The lowest BCUT2D eigenvalue weighted by Gasteiger charge is -2.10. The van der Waals surface area contributed by atoms with Crippen LogP contribution < -0.4 is 9.47 Å². The van der Waals surface area contributed by atoms with Crippen molar-refractivity contribution in [1.29, 1.82) is 0 Å². The number of benzene rings is 2. The Morgan fingerprint density at radius 3 is 2.63 bits per heavy atom. The summed E-state index contributed by atoms with van der Waals surface area (Å²) in [4.78, 5) is 15.2. The largest absolute Gasteiger partial charge is 0.496 e. The summed E-state index contributed by atoms with van der Waals surface area (Å²) < 4.78 is 24.5. The van der Waals surface area contributed by atoms with Gasteiger partial charge in [0.25, 0.3) is 0 Å². The number of nitrogens with one attached hydrogen (secondary N) is 1. The molecule has 0 atom stereocenters. The fourth-order valence-electron chi connectivity index (χ4n) is 2.91. The minimum Gasteiger partial charge on any atom is -0.496 e. The van der Waals surface area contributed by atoms with Crippen LogP contribution in [0.5, 0.6) is 11.5 Å². The van der Waals surface area contributed by atoms with Crippen LogP contribution in [0.3, 0.4) is 0 Å². The summed E-state index contributed by atoms with van der Waals surface area (Å²) in [5.41, 5.74) is 3.51. The van der Waals surface area contributed by atoms with Gasteiger partial charge in [0.15, 0.2) is 0 Å². The molecule has 2 aromatic heterocycles. The number of aromatic nitrogens is 3. The summed E-state index contributed by atoms with van der Waals surface area (Å²) in [6, 6.07) is 15.1. The summed E-state index contributed by atoms with van der Waals surface area (Å²) in [6.45, 7) is 7.24. The number of rotatable bonds is 6. The molecule has 0 aliphatic heterocycles. The second kappa shape index (κ2) is 8.45. The van der Waals surface area contributed by atoms with Crippen LogP contribution in [0.1, 0.15) is 5.69 Å². The minimum absolute atomic E-state index is 0.276. The lowest BCUT2D eigenvalue weighted by atomic mass is 10.1. The molecule has 4 aromatic rings. The maximum absolute atomic E-state index is 13.1. The molecule has 0 unspecified atom stereocenters. The van der Waals surface area contributed by atoms with Crippen molar-refractivity contribution in [2.45, 2.75) is 6.61 Å². The van der Waals surface area contributed by atoms with E-state index in [0.29, 0.717) is 28.7 Å². The molecule has 0 spiro atoms. The number of hydrogen-bond acceptors (Lipinski definition) is 4. The van der Waals surface area contributed by atoms with Crippen LogP contribution in [-0.2, 0) is 6.61 Å². The van der Waals surface area contributed by atoms with Crippen molar-refractivity contribution < 1.29 is 13.9 Å². The molecule has 0 radical (unpaired) electrons. The second-order valence-electron chi connectivity index (χ2n) is 6.41. The molecular weight excluding hydrogens is 383 g/mol. The number of pyridine rings is 1. The molecule has 0 saturated carbocycles. The summed E-state index contributed by atoms with van der Waals surface area (Å²) in [5, 5.41) is 0. The molecule has 0 saturated heterocycles. The van der Waals surface area contributed by atoms with Crippen molar-refractivity contribution in [3.63, 3.8) is 0 Å². The van der Waals surface area contributed by atoms with Gasteiger partial charge in [-0.05, 0) is 42.5 Å². The van der Waals surface area contributed by atoms with Crippen LogP contribution in [0.15, 0.2) is 67.0 Å². The molecule has 0 aliphatic carbocycles. The molecule has 0 aliphatic rings. The normalized spacial score (nSPS) is 10.4. The van der Waals surface area contributed by atoms with Crippen molar-refractivity contribution in [2.24, 2.45) is 0 Å². The first-order valence-electron chi connectivity index (χ1n) is 9.11. The first kappa shape index (κ1) is 19.2. The Kier molecular flexibility index (Phi) is 5.39. The summed E-state index contributed by atoms with van der Waals surface area (Å²) in [5.74, 6) is 1.59. The number of aromatic amines is 1. The highest BCUT2D eigenvalue weighted by atomic mass is 19.1. The number of methoxy groups -OCH3 is 1. The van der Waals surface area contributed by atoms with Crippen LogP contribution >= 0.6 is 0 Å². The van der Waals surface area contributed by atoms with Crippen LogP contribution in [0.4, 0.5) is 10.1 Å². The summed E-state index contributed by atoms with van der Waals surface area (Å²) in [7, 11) is 1.58. The first-order chi connectivity index (χ1) is 14.7. The summed E-state index contributed by atoms with van der Waals surface area (Å²) in [6.07, 6.45) is 3.30.